The summed E-state index contributed by atoms with van der Waals surface area (Å²) < 4.78 is 38.5. The van der Waals surface area contributed by atoms with Crippen molar-refractivity contribution in [2.75, 3.05) is 7.11 Å². The molecule has 3 aromatic carbocycles. The molecule has 0 aliphatic carbocycles. The Labute approximate surface area is 241 Å². The monoisotopic (exact) mass is 573 g/mol. The van der Waals surface area contributed by atoms with Crippen molar-refractivity contribution in [3.8, 4) is 22.8 Å². The number of rotatable bonds is 8. The Hall–Kier alpha value is -3.98. The highest BCUT2D eigenvalue weighted by atomic mass is 32.2. The SMILES string of the molecule is COc1ccc(-c2ccnc(SCc3ccc(C(=O)N4C5CCC4CC(Oc4ccc(F)cc4F)C5)cc3)n2)cc1. The van der Waals surface area contributed by atoms with Crippen molar-refractivity contribution < 1.29 is 23.0 Å². The van der Waals surface area contributed by atoms with Crippen LogP contribution in [0.2, 0.25) is 0 Å². The fourth-order valence-corrected chi connectivity index (χ4v) is 6.47. The first-order chi connectivity index (χ1) is 20.0. The predicted octanol–water partition coefficient (Wildman–Crippen LogP) is 6.94. The van der Waals surface area contributed by atoms with Gasteiger partial charge in [-0.05, 0) is 73.0 Å². The van der Waals surface area contributed by atoms with Gasteiger partial charge in [0.1, 0.15) is 17.7 Å². The van der Waals surface area contributed by atoms with Crippen LogP contribution in [0.4, 0.5) is 8.78 Å². The Morgan fingerprint density at radius 3 is 2.39 bits per heavy atom. The van der Waals surface area contributed by atoms with Crippen LogP contribution >= 0.6 is 11.8 Å². The summed E-state index contributed by atoms with van der Waals surface area (Å²) in [5.74, 6) is 0.205. The zero-order valence-corrected chi connectivity index (χ0v) is 23.3. The summed E-state index contributed by atoms with van der Waals surface area (Å²) in [5.41, 5.74) is 3.56. The van der Waals surface area contributed by atoms with Gasteiger partial charge >= 0.3 is 0 Å². The molecule has 6 rings (SSSR count). The minimum Gasteiger partial charge on any atom is -0.497 e. The van der Waals surface area contributed by atoms with Gasteiger partial charge in [0.15, 0.2) is 16.7 Å². The second-order valence-electron chi connectivity index (χ2n) is 10.3. The fraction of sp³-hybridized carbons (Fsp3) is 0.281. The Morgan fingerprint density at radius 2 is 1.71 bits per heavy atom. The van der Waals surface area contributed by atoms with E-state index in [-0.39, 0.29) is 29.8 Å². The van der Waals surface area contributed by atoms with E-state index in [1.165, 1.54) is 12.1 Å². The molecule has 2 bridgehead atoms. The summed E-state index contributed by atoms with van der Waals surface area (Å²) in [6, 6.07) is 20.8. The second kappa shape index (κ2) is 11.9. The molecule has 2 atom stereocenters. The van der Waals surface area contributed by atoms with E-state index in [1.54, 1.807) is 25.1 Å². The molecule has 0 N–H and O–H groups in total. The lowest BCUT2D eigenvalue weighted by Gasteiger charge is -2.39. The zero-order valence-electron chi connectivity index (χ0n) is 22.5. The summed E-state index contributed by atoms with van der Waals surface area (Å²) in [4.78, 5) is 24.5. The van der Waals surface area contributed by atoms with Crippen LogP contribution < -0.4 is 9.47 Å². The summed E-state index contributed by atoms with van der Waals surface area (Å²) in [5, 5.41) is 0.681. The summed E-state index contributed by atoms with van der Waals surface area (Å²) in [6.07, 6.45) is 4.60. The van der Waals surface area contributed by atoms with E-state index in [2.05, 4.69) is 9.97 Å². The number of benzene rings is 3. The molecule has 2 fully saturated rings. The average molecular weight is 574 g/mol. The van der Waals surface area contributed by atoms with Crippen LogP contribution in [0.3, 0.4) is 0 Å². The van der Waals surface area contributed by atoms with E-state index in [0.717, 1.165) is 41.5 Å². The Kier molecular flexibility index (Phi) is 7.87. The molecule has 2 aliphatic heterocycles. The Balaban J connectivity index is 1.06. The first-order valence-electron chi connectivity index (χ1n) is 13.6. The molecule has 2 saturated heterocycles. The smallest absolute Gasteiger partial charge is 0.254 e. The molecule has 2 unspecified atom stereocenters. The molecular weight excluding hydrogens is 544 g/mol. The van der Waals surface area contributed by atoms with E-state index in [4.69, 9.17) is 9.47 Å². The molecule has 0 saturated carbocycles. The molecule has 210 valence electrons. The molecular formula is C32H29F2N3O3S. The molecule has 41 heavy (non-hydrogen) atoms. The molecule has 6 nitrogen and oxygen atoms in total. The van der Waals surface area contributed by atoms with Crippen LogP contribution in [-0.2, 0) is 5.75 Å². The first-order valence-corrected chi connectivity index (χ1v) is 14.6. The van der Waals surface area contributed by atoms with Gasteiger partial charge in [0, 0.05) is 54.1 Å². The first kappa shape index (κ1) is 27.2. The third-order valence-electron chi connectivity index (χ3n) is 7.70. The van der Waals surface area contributed by atoms with Gasteiger partial charge < -0.3 is 14.4 Å². The van der Waals surface area contributed by atoms with Gasteiger partial charge in [-0.25, -0.2) is 18.7 Å². The number of nitrogens with zero attached hydrogens (tertiary/aromatic N) is 3. The fourth-order valence-electron chi connectivity index (χ4n) is 5.68. The number of carbonyl (C=O) groups excluding carboxylic acids is 1. The molecule has 1 aromatic heterocycles. The lowest BCUT2D eigenvalue weighted by Crippen LogP contribution is -2.49. The van der Waals surface area contributed by atoms with Crippen LogP contribution in [0.5, 0.6) is 11.5 Å². The van der Waals surface area contributed by atoms with Crippen molar-refractivity contribution >= 4 is 17.7 Å². The van der Waals surface area contributed by atoms with E-state index < -0.39 is 11.6 Å². The van der Waals surface area contributed by atoms with E-state index >= 15 is 0 Å². The number of thioether (sulfide) groups is 1. The number of fused-ring (bicyclic) bond motifs is 2. The number of hydrogen-bond acceptors (Lipinski definition) is 6. The highest BCUT2D eigenvalue weighted by molar-refractivity contribution is 7.98. The molecule has 2 aliphatic rings. The summed E-state index contributed by atoms with van der Waals surface area (Å²) in [6.45, 7) is 0. The normalized spacial score (nSPS) is 19.7. The maximum atomic E-state index is 14.1. The minimum absolute atomic E-state index is 0.0126. The van der Waals surface area contributed by atoms with Gasteiger partial charge in [-0.3, -0.25) is 4.79 Å². The minimum atomic E-state index is -0.703. The van der Waals surface area contributed by atoms with Crippen molar-refractivity contribution in [1.82, 2.24) is 14.9 Å². The number of ether oxygens (including phenoxy) is 2. The molecule has 0 spiro atoms. The third kappa shape index (κ3) is 6.05. The number of methoxy groups -OCH3 is 1. The van der Waals surface area contributed by atoms with E-state index in [0.29, 0.717) is 29.3 Å². The molecule has 4 aromatic rings. The van der Waals surface area contributed by atoms with Gasteiger partial charge in [0.2, 0.25) is 0 Å². The molecule has 0 radical (unpaired) electrons. The Morgan fingerprint density at radius 1 is 0.976 bits per heavy atom. The summed E-state index contributed by atoms with van der Waals surface area (Å²) in [7, 11) is 1.64. The summed E-state index contributed by atoms with van der Waals surface area (Å²) >= 11 is 1.54. The number of hydrogen-bond donors (Lipinski definition) is 0. The van der Waals surface area contributed by atoms with Crippen LogP contribution in [0.1, 0.15) is 41.6 Å². The van der Waals surface area contributed by atoms with Crippen LogP contribution in [0, 0.1) is 11.6 Å². The highest BCUT2D eigenvalue weighted by Gasteiger charge is 2.44. The highest BCUT2D eigenvalue weighted by Crippen LogP contribution is 2.39. The topological polar surface area (TPSA) is 64.5 Å². The van der Waals surface area contributed by atoms with Gasteiger partial charge in [0.25, 0.3) is 5.91 Å². The van der Waals surface area contributed by atoms with Crippen LogP contribution in [-0.4, -0.2) is 46.1 Å². The number of aromatic nitrogens is 2. The van der Waals surface area contributed by atoms with Crippen molar-refractivity contribution in [2.24, 2.45) is 0 Å². The zero-order chi connectivity index (χ0) is 28.3. The quantitative estimate of drug-likeness (QED) is 0.168. The number of amides is 1. The predicted molar refractivity (Wildman–Crippen MR) is 153 cm³/mol. The van der Waals surface area contributed by atoms with Crippen molar-refractivity contribution in [3.05, 3.63) is 102 Å². The molecule has 1 amide bonds. The van der Waals surface area contributed by atoms with Gasteiger partial charge in [-0.2, -0.15) is 0 Å². The third-order valence-corrected chi connectivity index (χ3v) is 8.63. The van der Waals surface area contributed by atoms with E-state index in [9.17, 15) is 13.6 Å². The van der Waals surface area contributed by atoms with Gasteiger partial charge in [-0.1, -0.05) is 23.9 Å². The maximum Gasteiger partial charge on any atom is 0.254 e. The van der Waals surface area contributed by atoms with Crippen molar-refractivity contribution in [2.45, 2.75) is 54.8 Å². The second-order valence-corrected chi connectivity index (χ2v) is 11.3. The largest absolute Gasteiger partial charge is 0.497 e. The standard InChI is InChI=1S/C32H29F2N3O3S/c1-39-26-11-6-21(7-12-26)29-14-15-35-32(36-29)41-19-20-2-4-22(5-3-20)31(38)37-24-9-10-25(37)18-27(17-24)40-30-13-8-23(33)16-28(30)34/h2-8,11-16,24-25,27H,9-10,17-19H2,1H3. The van der Waals surface area contributed by atoms with E-state index in [1.807, 2.05) is 59.5 Å². The Bertz CT molecular complexity index is 1520. The lowest BCUT2D eigenvalue weighted by atomic mass is 9.98. The van der Waals surface area contributed by atoms with Crippen LogP contribution in [0.15, 0.2) is 84.1 Å². The average Bonchev–Trinajstić information content (AvgIpc) is 3.27. The van der Waals surface area contributed by atoms with Crippen molar-refractivity contribution in [3.63, 3.8) is 0 Å². The number of carbonyl (C=O) groups is 1. The molecule has 3 heterocycles. The molecule has 9 heteroatoms. The number of piperidine rings is 1. The van der Waals surface area contributed by atoms with Crippen molar-refractivity contribution in [1.29, 1.82) is 0 Å². The maximum absolute atomic E-state index is 14.1. The lowest BCUT2D eigenvalue weighted by molar-refractivity contribution is 0.0349. The van der Waals surface area contributed by atoms with Crippen LogP contribution in [0.25, 0.3) is 11.3 Å². The van der Waals surface area contributed by atoms with Gasteiger partial charge in [-0.15, -0.1) is 0 Å². The number of halogens is 2. The van der Waals surface area contributed by atoms with Gasteiger partial charge in [0.05, 0.1) is 12.8 Å².